The van der Waals surface area contributed by atoms with E-state index < -0.39 is 11.4 Å². The summed E-state index contributed by atoms with van der Waals surface area (Å²) in [6, 6.07) is 0. The van der Waals surface area contributed by atoms with Crippen molar-refractivity contribution in [1.29, 1.82) is 0 Å². The molecule has 5 saturated carbocycles. The first kappa shape index (κ1) is 32.0. The fourth-order valence-electron chi connectivity index (χ4n) is 12.9. The van der Waals surface area contributed by atoms with Crippen LogP contribution in [-0.2, 0) is 14.3 Å². The maximum absolute atomic E-state index is 13.1. The van der Waals surface area contributed by atoms with Gasteiger partial charge in [-0.2, -0.15) is 0 Å². The average Bonchev–Trinajstić information content (AvgIpc) is 3.25. The molecule has 0 radical (unpaired) electrons. The van der Waals surface area contributed by atoms with Crippen LogP contribution in [0, 0.1) is 62.1 Å². The Kier molecular flexibility index (Phi) is 7.89. The van der Waals surface area contributed by atoms with Gasteiger partial charge in [-0.25, -0.2) is 0 Å². The number of rotatable bonds is 7. The molecule has 0 saturated heterocycles. The second-order valence-corrected chi connectivity index (χ2v) is 18.0. The Hall–Kier alpha value is -1.36. The fourth-order valence-corrected chi connectivity index (χ4v) is 12.9. The molecule has 3 N–H and O–H groups in total. The van der Waals surface area contributed by atoms with E-state index in [0.29, 0.717) is 39.9 Å². The smallest absolute Gasteiger partial charge is 0.306 e. The molecule has 0 heterocycles. The van der Waals surface area contributed by atoms with Gasteiger partial charge in [0.2, 0.25) is 0 Å². The molecule has 10 atom stereocenters. The number of ether oxygens (including phenoxy) is 1. The molecular formula is C37H61NO4. The summed E-state index contributed by atoms with van der Waals surface area (Å²) >= 11 is 0. The highest BCUT2D eigenvalue weighted by Gasteiger charge is 2.70. The maximum Gasteiger partial charge on any atom is 0.306 e. The first-order chi connectivity index (χ1) is 19.4. The van der Waals surface area contributed by atoms with Crippen LogP contribution in [-0.4, -0.2) is 29.7 Å². The molecule has 0 aliphatic heterocycles. The molecule has 0 aromatic heterocycles. The molecular weight excluding hydrogens is 522 g/mol. The molecule has 0 aromatic carbocycles. The minimum atomic E-state index is -0.870. The lowest BCUT2D eigenvalue weighted by Crippen LogP contribution is -2.67. The third-order valence-corrected chi connectivity index (χ3v) is 15.1. The molecule has 5 nitrogen and oxygen atoms in total. The van der Waals surface area contributed by atoms with Crippen LogP contribution in [0.15, 0.2) is 12.2 Å². The van der Waals surface area contributed by atoms with Crippen LogP contribution in [0.5, 0.6) is 0 Å². The monoisotopic (exact) mass is 583 g/mol. The van der Waals surface area contributed by atoms with Crippen LogP contribution in [0.3, 0.4) is 0 Å². The minimum absolute atomic E-state index is 0.0305. The van der Waals surface area contributed by atoms with Gasteiger partial charge in [-0.1, -0.05) is 60.6 Å². The fraction of sp³-hybridized carbons (Fsp3) is 0.892. The lowest BCUT2D eigenvalue weighted by Gasteiger charge is -2.73. The Balaban J connectivity index is 1.39. The quantitative estimate of drug-likeness (QED) is 0.232. The summed E-state index contributed by atoms with van der Waals surface area (Å²) in [6.45, 7) is 23.9. The number of carboxylic acid groups (broad SMARTS) is 1. The van der Waals surface area contributed by atoms with Crippen molar-refractivity contribution in [1.82, 2.24) is 0 Å². The number of fused-ring (bicyclic) bond motifs is 7. The zero-order chi connectivity index (χ0) is 31.1. The molecule has 1 unspecified atom stereocenters. The van der Waals surface area contributed by atoms with Crippen molar-refractivity contribution in [3.63, 3.8) is 0 Å². The summed E-state index contributed by atoms with van der Waals surface area (Å²) in [5.41, 5.74) is 8.41. The van der Waals surface area contributed by atoms with Crippen molar-refractivity contribution in [2.75, 3.05) is 6.54 Å². The Morgan fingerprint density at radius 2 is 1.57 bits per heavy atom. The number of carbonyl (C=O) groups excluding carboxylic acids is 1. The van der Waals surface area contributed by atoms with Crippen molar-refractivity contribution >= 4 is 11.9 Å². The van der Waals surface area contributed by atoms with Crippen LogP contribution in [0.1, 0.15) is 132 Å². The first-order valence-electron chi connectivity index (χ1n) is 17.1. The van der Waals surface area contributed by atoms with Gasteiger partial charge >= 0.3 is 11.9 Å². The van der Waals surface area contributed by atoms with Crippen LogP contribution in [0.25, 0.3) is 0 Å². The molecule has 5 aliphatic rings. The Labute approximate surface area is 256 Å². The second kappa shape index (κ2) is 10.3. The summed E-state index contributed by atoms with van der Waals surface area (Å²) in [5.74, 6) is 2.08. The highest BCUT2D eigenvalue weighted by Crippen LogP contribution is 2.77. The topological polar surface area (TPSA) is 89.6 Å². The number of esters is 1. The van der Waals surface area contributed by atoms with Gasteiger partial charge in [-0.3, -0.25) is 9.59 Å². The summed E-state index contributed by atoms with van der Waals surface area (Å²) in [7, 11) is 0. The summed E-state index contributed by atoms with van der Waals surface area (Å²) < 4.78 is 6.24. The van der Waals surface area contributed by atoms with Crippen molar-refractivity contribution < 1.29 is 19.4 Å². The lowest BCUT2D eigenvalue weighted by molar-refractivity contribution is -0.249. The van der Waals surface area contributed by atoms with E-state index in [1.54, 1.807) is 0 Å². The van der Waals surface area contributed by atoms with E-state index in [2.05, 4.69) is 48.1 Å². The van der Waals surface area contributed by atoms with Crippen LogP contribution in [0.2, 0.25) is 0 Å². The second-order valence-electron chi connectivity index (χ2n) is 18.0. The first-order valence-corrected chi connectivity index (χ1v) is 17.1. The number of hydrogen-bond donors (Lipinski definition) is 2. The molecule has 0 aromatic rings. The van der Waals surface area contributed by atoms with Crippen molar-refractivity contribution in [3.8, 4) is 0 Å². The van der Waals surface area contributed by atoms with Crippen molar-refractivity contribution in [3.05, 3.63) is 12.2 Å². The Morgan fingerprint density at radius 3 is 2.19 bits per heavy atom. The summed E-state index contributed by atoms with van der Waals surface area (Å²) in [6.07, 6.45) is 12.2. The molecule has 5 rings (SSSR count). The van der Waals surface area contributed by atoms with Gasteiger partial charge in [-0.15, -0.1) is 0 Å². The SMILES string of the molecule is C=C(C)[C@@H]1CCC2(CN)CC[C@]3(C)[C@H](CC[C@@H]4[C@@]5(C)CC[C@H](OC(=O)CC(C)(C)CC(=O)O)C(C)(C)[C@@H]5CC[C@]43C)[C@@H]12. The number of carboxylic acids is 1. The van der Waals surface area contributed by atoms with E-state index >= 15 is 0 Å². The van der Waals surface area contributed by atoms with E-state index in [1.807, 2.05) is 13.8 Å². The van der Waals surface area contributed by atoms with Gasteiger partial charge in [-0.05, 0) is 134 Å². The zero-order valence-corrected chi connectivity index (χ0v) is 28.1. The zero-order valence-electron chi connectivity index (χ0n) is 28.1. The van der Waals surface area contributed by atoms with Gasteiger partial charge < -0.3 is 15.6 Å². The third kappa shape index (κ3) is 4.64. The van der Waals surface area contributed by atoms with Crippen LogP contribution in [0.4, 0.5) is 0 Å². The molecule has 42 heavy (non-hydrogen) atoms. The summed E-state index contributed by atoms with van der Waals surface area (Å²) in [5, 5.41) is 9.28. The number of hydrogen-bond acceptors (Lipinski definition) is 4. The number of allylic oxidation sites excluding steroid dienone is 1. The van der Waals surface area contributed by atoms with Gasteiger partial charge in [0.05, 0.1) is 12.8 Å². The minimum Gasteiger partial charge on any atom is -0.481 e. The Morgan fingerprint density at radius 1 is 0.881 bits per heavy atom. The van der Waals surface area contributed by atoms with E-state index in [0.717, 1.165) is 25.3 Å². The predicted octanol–water partition coefficient (Wildman–Crippen LogP) is 8.41. The maximum atomic E-state index is 13.1. The Bertz CT molecular complexity index is 1110. The molecule has 238 valence electrons. The number of nitrogens with two attached hydrogens (primary N) is 1. The molecule has 5 heteroatoms. The van der Waals surface area contributed by atoms with Gasteiger partial charge in [0.15, 0.2) is 0 Å². The summed E-state index contributed by atoms with van der Waals surface area (Å²) in [4.78, 5) is 24.4. The van der Waals surface area contributed by atoms with E-state index in [-0.39, 0.29) is 35.7 Å². The number of carbonyl (C=O) groups is 2. The largest absolute Gasteiger partial charge is 0.481 e. The molecule has 5 aliphatic carbocycles. The highest BCUT2D eigenvalue weighted by atomic mass is 16.5. The normalized spacial score (nSPS) is 46.0. The molecule has 0 amide bonds. The van der Waals surface area contributed by atoms with E-state index in [1.165, 1.54) is 56.9 Å². The van der Waals surface area contributed by atoms with Crippen LogP contribution < -0.4 is 5.73 Å². The molecule has 0 spiro atoms. The number of aliphatic carboxylic acids is 1. The molecule has 0 bridgehead atoms. The van der Waals surface area contributed by atoms with E-state index in [4.69, 9.17) is 10.5 Å². The average molecular weight is 584 g/mol. The van der Waals surface area contributed by atoms with Gasteiger partial charge in [0, 0.05) is 5.41 Å². The standard InChI is InChI=1S/C37H61NO4/c1-23(2)24-12-17-37(22-38)19-18-35(8)25(31(24)37)10-11-27-34(7)15-14-28(33(5,6)26(34)13-16-36(27,35)9)42-30(41)21-32(3,4)20-29(39)40/h24-28,31H,1,10-22,38H2,2-9H3,(H,39,40)/t24-,25+,26-,27+,28-,31+,34-,35+,36+,37?/m0/s1. The van der Waals surface area contributed by atoms with Gasteiger partial charge in [0.1, 0.15) is 6.10 Å². The lowest BCUT2D eigenvalue weighted by atomic mass is 9.32. The molecule has 5 fully saturated rings. The predicted molar refractivity (Wildman–Crippen MR) is 169 cm³/mol. The van der Waals surface area contributed by atoms with Crippen molar-refractivity contribution in [2.45, 2.75) is 139 Å². The van der Waals surface area contributed by atoms with Gasteiger partial charge in [0.25, 0.3) is 0 Å². The highest BCUT2D eigenvalue weighted by molar-refractivity contribution is 5.73. The van der Waals surface area contributed by atoms with E-state index in [9.17, 15) is 14.7 Å². The third-order valence-electron chi connectivity index (χ3n) is 15.1. The van der Waals surface area contributed by atoms with Crippen molar-refractivity contribution in [2.24, 2.45) is 67.8 Å². The van der Waals surface area contributed by atoms with Crippen LogP contribution >= 0.6 is 0 Å².